The van der Waals surface area contributed by atoms with Crippen LogP contribution >= 0.6 is 0 Å². The highest BCUT2D eigenvalue weighted by Gasteiger charge is 2.15. The summed E-state index contributed by atoms with van der Waals surface area (Å²) in [7, 11) is 0. The van der Waals surface area contributed by atoms with E-state index in [1.54, 1.807) is 6.20 Å². The van der Waals surface area contributed by atoms with E-state index >= 15 is 0 Å². The first-order valence-electron chi connectivity index (χ1n) is 5.98. The van der Waals surface area contributed by atoms with E-state index in [1.807, 2.05) is 42.8 Å². The molecule has 0 saturated carbocycles. The Bertz CT molecular complexity index is 514. The SMILES string of the molecule is CCC(CC)C(=O)Nc1cccn2ccnc12. The molecule has 0 fully saturated rings. The van der Waals surface area contributed by atoms with Gasteiger partial charge in [0, 0.05) is 24.5 Å². The summed E-state index contributed by atoms with van der Waals surface area (Å²) in [6, 6.07) is 3.78. The molecule has 4 heteroatoms. The zero-order chi connectivity index (χ0) is 12.3. The number of hydrogen-bond donors (Lipinski definition) is 1. The molecule has 90 valence electrons. The van der Waals surface area contributed by atoms with Crippen LogP contribution in [0.2, 0.25) is 0 Å². The summed E-state index contributed by atoms with van der Waals surface area (Å²) >= 11 is 0. The van der Waals surface area contributed by atoms with Crippen LogP contribution in [0.1, 0.15) is 26.7 Å². The van der Waals surface area contributed by atoms with Crippen LogP contribution in [0.15, 0.2) is 30.7 Å². The van der Waals surface area contributed by atoms with Crippen LogP contribution in [0.3, 0.4) is 0 Å². The van der Waals surface area contributed by atoms with Crippen molar-refractivity contribution in [2.45, 2.75) is 26.7 Å². The molecule has 0 spiro atoms. The fraction of sp³-hybridized carbons (Fsp3) is 0.385. The van der Waals surface area contributed by atoms with Crippen LogP contribution in [0.5, 0.6) is 0 Å². The number of nitrogens with one attached hydrogen (secondary N) is 1. The van der Waals surface area contributed by atoms with Gasteiger partial charge in [-0.3, -0.25) is 4.79 Å². The molecule has 0 bridgehead atoms. The molecule has 1 amide bonds. The summed E-state index contributed by atoms with van der Waals surface area (Å²) in [4.78, 5) is 16.2. The predicted molar refractivity (Wildman–Crippen MR) is 67.9 cm³/mol. The molecule has 0 saturated heterocycles. The number of amides is 1. The highest BCUT2D eigenvalue weighted by Crippen LogP contribution is 2.17. The lowest BCUT2D eigenvalue weighted by Gasteiger charge is -2.13. The van der Waals surface area contributed by atoms with Gasteiger partial charge in [0.1, 0.15) is 0 Å². The van der Waals surface area contributed by atoms with Crippen molar-refractivity contribution in [1.82, 2.24) is 9.38 Å². The number of imidazole rings is 1. The number of carbonyl (C=O) groups excluding carboxylic acids is 1. The zero-order valence-electron chi connectivity index (χ0n) is 10.2. The van der Waals surface area contributed by atoms with Crippen LogP contribution in [0, 0.1) is 5.92 Å². The quantitative estimate of drug-likeness (QED) is 0.879. The lowest BCUT2D eigenvalue weighted by atomic mass is 10.0. The second-order valence-corrected chi connectivity index (χ2v) is 4.08. The fourth-order valence-corrected chi connectivity index (χ4v) is 1.94. The standard InChI is InChI=1S/C13H17N3O/c1-3-10(4-2)13(17)15-11-6-5-8-16-9-7-14-12(11)16/h5-10H,3-4H2,1-2H3,(H,15,17). The summed E-state index contributed by atoms with van der Waals surface area (Å²) in [5.74, 6) is 0.149. The molecule has 2 aromatic rings. The Labute approximate surface area is 101 Å². The predicted octanol–water partition coefficient (Wildman–Crippen LogP) is 2.71. The topological polar surface area (TPSA) is 46.4 Å². The Morgan fingerprint density at radius 3 is 2.88 bits per heavy atom. The lowest BCUT2D eigenvalue weighted by Crippen LogP contribution is -2.22. The first-order valence-corrected chi connectivity index (χ1v) is 5.98. The zero-order valence-corrected chi connectivity index (χ0v) is 10.2. The molecule has 2 heterocycles. The summed E-state index contributed by atoms with van der Waals surface area (Å²) in [5, 5.41) is 2.95. The van der Waals surface area contributed by atoms with Crippen molar-refractivity contribution in [2.75, 3.05) is 5.32 Å². The molecule has 0 aromatic carbocycles. The van der Waals surface area contributed by atoms with Crippen LogP contribution in [-0.4, -0.2) is 15.3 Å². The molecular weight excluding hydrogens is 214 g/mol. The van der Waals surface area contributed by atoms with E-state index in [0.29, 0.717) is 0 Å². The van der Waals surface area contributed by atoms with E-state index in [0.717, 1.165) is 24.2 Å². The monoisotopic (exact) mass is 231 g/mol. The van der Waals surface area contributed by atoms with E-state index in [4.69, 9.17) is 0 Å². The van der Waals surface area contributed by atoms with E-state index in [-0.39, 0.29) is 11.8 Å². The maximum atomic E-state index is 12.0. The Hall–Kier alpha value is -1.84. The Kier molecular flexibility index (Phi) is 3.42. The summed E-state index contributed by atoms with van der Waals surface area (Å²) in [5.41, 5.74) is 1.56. The largest absolute Gasteiger partial charge is 0.323 e. The van der Waals surface area contributed by atoms with E-state index in [2.05, 4.69) is 10.3 Å². The van der Waals surface area contributed by atoms with Crippen LogP contribution in [-0.2, 0) is 4.79 Å². The molecule has 4 nitrogen and oxygen atoms in total. The van der Waals surface area contributed by atoms with Crippen molar-refractivity contribution in [3.8, 4) is 0 Å². The molecule has 0 aliphatic heterocycles. The summed E-state index contributed by atoms with van der Waals surface area (Å²) in [6.07, 6.45) is 7.22. The summed E-state index contributed by atoms with van der Waals surface area (Å²) in [6.45, 7) is 4.06. The van der Waals surface area contributed by atoms with Gasteiger partial charge >= 0.3 is 0 Å². The van der Waals surface area contributed by atoms with Crippen molar-refractivity contribution in [1.29, 1.82) is 0 Å². The molecule has 0 unspecified atom stereocenters. The molecule has 0 atom stereocenters. The Morgan fingerprint density at radius 1 is 1.41 bits per heavy atom. The van der Waals surface area contributed by atoms with Gasteiger partial charge in [-0.05, 0) is 25.0 Å². The number of nitrogens with zero attached hydrogens (tertiary/aromatic N) is 2. The van der Waals surface area contributed by atoms with Gasteiger partial charge in [-0.2, -0.15) is 0 Å². The number of carbonyl (C=O) groups is 1. The minimum Gasteiger partial charge on any atom is -0.323 e. The smallest absolute Gasteiger partial charge is 0.227 e. The van der Waals surface area contributed by atoms with E-state index < -0.39 is 0 Å². The van der Waals surface area contributed by atoms with Gasteiger partial charge in [0.25, 0.3) is 0 Å². The lowest BCUT2D eigenvalue weighted by molar-refractivity contribution is -0.120. The highest BCUT2D eigenvalue weighted by atomic mass is 16.1. The average Bonchev–Trinajstić information content (AvgIpc) is 2.80. The van der Waals surface area contributed by atoms with Crippen molar-refractivity contribution in [3.05, 3.63) is 30.7 Å². The van der Waals surface area contributed by atoms with Gasteiger partial charge in [0.05, 0.1) is 5.69 Å². The number of hydrogen-bond acceptors (Lipinski definition) is 2. The third kappa shape index (κ3) is 2.30. The summed E-state index contributed by atoms with van der Waals surface area (Å²) < 4.78 is 1.89. The molecule has 2 aromatic heterocycles. The molecule has 1 N–H and O–H groups in total. The molecular formula is C13H17N3O. The highest BCUT2D eigenvalue weighted by molar-refractivity contribution is 5.95. The minimum absolute atomic E-state index is 0.0743. The van der Waals surface area contributed by atoms with Gasteiger partial charge in [-0.15, -0.1) is 0 Å². The number of pyridine rings is 1. The number of aromatic nitrogens is 2. The van der Waals surface area contributed by atoms with Gasteiger partial charge in [0.15, 0.2) is 5.65 Å². The van der Waals surface area contributed by atoms with Crippen LogP contribution in [0.25, 0.3) is 5.65 Å². The minimum atomic E-state index is 0.0743. The molecule has 0 radical (unpaired) electrons. The Balaban J connectivity index is 2.23. The maximum absolute atomic E-state index is 12.0. The van der Waals surface area contributed by atoms with Gasteiger partial charge < -0.3 is 9.72 Å². The maximum Gasteiger partial charge on any atom is 0.227 e. The third-order valence-corrected chi connectivity index (χ3v) is 3.03. The Morgan fingerprint density at radius 2 is 2.18 bits per heavy atom. The van der Waals surface area contributed by atoms with Crippen LogP contribution in [0.4, 0.5) is 5.69 Å². The molecule has 2 rings (SSSR count). The molecule has 0 aliphatic carbocycles. The number of anilines is 1. The molecule has 0 aliphatic rings. The van der Waals surface area contributed by atoms with Crippen molar-refractivity contribution in [2.24, 2.45) is 5.92 Å². The van der Waals surface area contributed by atoms with Crippen molar-refractivity contribution < 1.29 is 4.79 Å². The van der Waals surface area contributed by atoms with Gasteiger partial charge in [0.2, 0.25) is 5.91 Å². The van der Waals surface area contributed by atoms with E-state index in [1.165, 1.54) is 0 Å². The average molecular weight is 231 g/mol. The first kappa shape index (κ1) is 11.6. The number of fused-ring (bicyclic) bond motifs is 1. The van der Waals surface area contributed by atoms with Crippen LogP contribution < -0.4 is 5.32 Å². The first-order chi connectivity index (χ1) is 8.26. The fourth-order valence-electron chi connectivity index (χ4n) is 1.94. The van der Waals surface area contributed by atoms with Gasteiger partial charge in [-0.25, -0.2) is 4.98 Å². The third-order valence-electron chi connectivity index (χ3n) is 3.03. The molecule has 17 heavy (non-hydrogen) atoms. The second kappa shape index (κ2) is 4.99. The van der Waals surface area contributed by atoms with Crippen molar-refractivity contribution in [3.63, 3.8) is 0 Å². The van der Waals surface area contributed by atoms with E-state index in [9.17, 15) is 4.79 Å². The normalized spacial score (nSPS) is 11.0. The van der Waals surface area contributed by atoms with Crippen molar-refractivity contribution >= 4 is 17.2 Å². The van der Waals surface area contributed by atoms with Gasteiger partial charge in [-0.1, -0.05) is 13.8 Å². The number of rotatable bonds is 4. The second-order valence-electron chi connectivity index (χ2n) is 4.08.